The molecule has 0 aromatic heterocycles. The first-order valence-corrected chi connectivity index (χ1v) is 12.3. The summed E-state index contributed by atoms with van der Waals surface area (Å²) in [6, 6.07) is 25.7. The van der Waals surface area contributed by atoms with Crippen molar-refractivity contribution in [3.05, 3.63) is 114 Å². The van der Waals surface area contributed by atoms with E-state index < -0.39 is 24.2 Å². The second-order valence-corrected chi connectivity index (χ2v) is 9.08. The molecule has 0 aliphatic carbocycles. The second kappa shape index (κ2) is 14.2. The third-order valence-electron chi connectivity index (χ3n) is 6.22. The van der Waals surface area contributed by atoms with Crippen LogP contribution in [0.25, 0.3) is 0 Å². The van der Waals surface area contributed by atoms with E-state index in [1.807, 2.05) is 60.7 Å². The summed E-state index contributed by atoms with van der Waals surface area (Å²) in [5, 5.41) is 33.7. The fourth-order valence-electron chi connectivity index (χ4n) is 4.05. The molecule has 0 bridgehead atoms. The number of aliphatic hydroxyl groups excluding tert-OH is 2. The van der Waals surface area contributed by atoms with E-state index in [4.69, 9.17) is 5.73 Å². The Morgan fingerprint density at radius 2 is 1.42 bits per heavy atom. The number of nitrogens with two attached hydrogens (primary N) is 1. The molecule has 0 unspecified atom stereocenters. The number of carbonyl (C=O) groups excluding carboxylic acids is 1. The Balaban J connectivity index is 1.56. The van der Waals surface area contributed by atoms with E-state index in [0.717, 1.165) is 16.7 Å². The van der Waals surface area contributed by atoms with Gasteiger partial charge in [0.1, 0.15) is 5.75 Å². The van der Waals surface area contributed by atoms with Crippen LogP contribution in [0.15, 0.2) is 97.1 Å². The van der Waals surface area contributed by atoms with Crippen LogP contribution in [0.5, 0.6) is 5.75 Å². The fourth-order valence-corrected chi connectivity index (χ4v) is 4.05. The van der Waals surface area contributed by atoms with E-state index in [1.54, 1.807) is 36.4 Å². The summed E-state index contributed by atoms with van der Waals surface area (Å²) >= 11 is 0. The quantitative estimate of drug-likeness (QED) is 0.237. The van der Waals surface area contributed by atoms with E-state index in [9.17, 15) is 20.1 Å². The number of aromatic hydroxyl groups is 1. The van der Waals surface area contributed by atoms with Gasteiger partial charge in [0.2, 0.25) is 5.91 Å². The van der Waals surface area contributed by atoms with Crippen LogP contribution in [0.3, 0.4) is 0 Å². The fraction of sp³-hybridized carbons (Fsp3) is 0.300. The van der Waals surface area contributed by atoms with Crippen LogP contribution in [-0.2, 0) is 24.1 Å². The van der Waals surface area contributed by atoms with Crippen LogP contribution in [0.4, 0.5) is 0 Å². The van der Waals surface area contributed by atoms with Gasteiger partial charge < -0.3 is 26.4 Å². The molecule has 190 valence electrons. The molecule has 0 spiro atoms. The predicted molar refractivity (Wildman–Crippen MR) is 142 cm³/mol. The Morgan fingerprint density at radius 3 is 2.06 bits per heavy atom. The van der Waals surface area contributed by atoms with Gasteiger partial charge in [-0.25, -0.2) is 0 Å². The molecule has 1 amide bonds. The molecule has 0 saturated heterocycles. The average Bonchev–Trinajstić information content (AvgIpc) is 2.89. The summed E-state index contributed by atoms with van der Waals surface area (Å²) in [5.41, 5.74) is 9.16. The topological polar surface area (TPSA) is 116 Å². The minimum Gasteiger partial charge on any atom is -0.508 e. The number of hydrogen-bond donors (Lipinski definition) is 5. The van der Waals surface area contributed by atoms with Gasteiger partial charge in [-0.1, -0.05) is 84.9 Å². The minimum atomic E-state index is -1.01. The lowest BCUT2D eigenvalue weighted by Crippen LogP contribution is -2.39. The van der Waals surface area contributed by atoms with E-state index in [0.29, 0.717) is 25.8 Å². The molecule has 6 nitrogen and oxygen atoms in total. The molecular formula is C30H36N2O4. The van der Waals surface area contributed by atoms with Crippen LogP contribution < -0.4 is 11.1 Å². The van der Waals surface area contributed by atoms with Crippen molar-refractivity contribution in [2.45, 2.75) is 43.9 Å². The van der Waals surface area contributed by atoms with Crippen molar-refractivity contribution >= 4 is 5.91 Å². The van der Waals surface area contributed by atoms with Crippen molar-refractivity contribution in [1.29, 1.82) is 0 Å². The van der Waals surface area contributed by atoms with Crippen molar-refractivity contribution in [2.24, 2.45) is 11.7 Å². The summed E-state index contributed by atoms with van der Waals surface area (Å²) in [6.07, 6.45) is 3.25. The Bertz CT molecular complexity index is 1070. The Kier molecular flexibility index (Phi) is 10.7. The van der Waals surface area contributed by atoms with Gasteiger partial charge in [0.05, 0.1) is 18.1 Å². The third kappa shape index (κ3) is 8.96. The first-order valence-electron chi connectivity index (χ1n) is 12.3. The third-order valence-corrected chi connectivity index (χ3v) is 6.22. The van der Waals surface area contributed by atoms with E-state index in [-0.39, 0.29) is 18.1 Å². The summed E-state index contributed by atoms with van der Waals surface area (Å²) < 4.78 is 0. The molecule has 3 rings (SSSR count). The van der Waals surface area contributed by atoms with Crippen molar-refractivity contribution in [3.8, 4) is 5.75 Å². The largest absolute Gasteiger partial charge is 0.508 e. The standard InChI is InChI=1S/C30H36N2O4/c31-27(21-24-14-16-25(33)17-15-24)29(35)13-7-12-28(34)26(20-23-10-5-2-6-11-23)30(36)32-19-18-22-8-3-1-4-9-22/h1-12,14-17,26-29,33-35H,13,18-21,31H2,(H,32,36)/b12-7+/t26-,27+,28-,29-/m1/s1. The van der Waals surface area contributed by atoms with Gasteiger partial charge in [0.15, 0.2) is 0 Å². The molecule has 6 heteroatoms. The second-order valence-electron chi connectivity index (χ2n) is 9.08. The lowest BCUT2D eigenvalue weighted by atomic mass is 9.92. The zero-order valence-electron chi connectivity index (χ0n) is 20.4. The maximum Gasteiger partial charge on any atom is 0.226 e. The highest BCUT2D eigenvalue weighted by Gasteiger charge is 2.25. The molecule has 0 radical (unpaired) electrons. The molecule has 4 atom stereocenters. The zero-order chi connectivity index (χ0) is 25.8. The number of amides is 1. The molecule has 0 fully saturated rings. The van der Waals surface area contributed by atoms with Crippen LogP contribution in [0, 0.1) is 5.92 Å². The SMILES string of the molecule is N[C@@H](Cc1ccc(O)cc1)[C@H](O)C/C=C/[C@@H](O)[C@@H](Cc1ccccc1)C(=O)NCCc1ccccc1. The monoisotopic (exact) mass is 488 g/mol. The van der Waals surface area contributed by atoms with Gasteiger partial charge in [0, 0.05) is 12.6 Å². The van der Waals surface area contributed by atoms with E-state index in [1.165, 1.54) is 0 Å². The van der Waals surface area contributed by atoms with Crippen molar-refractivity contribution < 1.29 is 20.1 Å². The number of phenols is 1. The molecule has 0 heterocycles. The van der Waals surface area contributed by atoms with Crippen LogP contribution in [0.2, 0.25) is 0 Å². The zero-order valence-corrected chi connectivity index (χ0v) is 20.4. The molecular weight excluding hydrogens is 452 g/mol. The number of benzene rings is 3. The van der Waals surface area contributed by atoms with Gasteiger partial charge >= 0.3 is 0 Å². The van der Waals surface area contributed by atoms with Gasteiger partial charge in [0.25, 0.3) is 0 Å². The molecule has 0 saturated carbocycles. The lowest BCUT2D eigenvalue weighted by molar-refractivity contribution is -0.127. The Labute approximate surface area is 213 Å². The number of hydrogen-bond acceptors (Lipinski definition) is 5. The van der Waals surface area contributed by atoms with Crippen LogP contribution in [0.1, 0.15) is 23.1 Å². The first kappa shape index (κ1) is 27.1. The predicted octanol–water partition coefficient (Wildman–Crippen LogP) is 3.15. The smallest absolute Gasteiger partial charge is 0.226 e. The first-order chi connectivity index (χ1) is 17.4. The maximum absolute atomic E-state index is 13.0. The number of aliphatic hydroxyl groups is 2. The molecule has 3 aromatic carbocycles. The van der Waals surface area contributed by atoms with Gasteiger partial charge in [-0.05, 0) is 54.5 Å². The number of rotatable bonds is 13. The summed E-state index contributed by atoms with van der Waals surface area (Å²) in [4.78, 5) is 13.0. The highest BCUT2D eigenvalue weighted by molar-refractivity contribution is 5.79. The maximum atomic E-state index is 13.0. The highest BCUT2D eigenvalue weighted by atomic mass is 16.3. The van der Waals surface area contributed by atoms with Gasteiger partial charge in [-0.3, -0.25) is 4.79 Å². The van der Waals surface area contributed by atoms with Crippen LogP contribution in [-0.4, -0.2) is 46.0 Å². The summed E-state index contributed by atoms with van der Waals surface area (Å²) in [6.45, 7) is 0.482. The Morgan fingerprint density at radius 1 is 0.833 bits per heavy atom. The number of carbonyl (C=O) groups is 1. The van der Waals surface area contributed by atoms with Crippen molar-refractivity contribution in [1.82, 2.24) is 5.32 Å². The van der Waals surface area contributed by atoms with E-state index >= 15 is 0 Å². The molecule has 0 aliphatic rings. The van der Waals surface area contributed by atoms with E-state index in [2.05, 4.69) is 5.32 Å². The molecule has 36 heavy (non-hydrogen) atoms. The van der Waals surface area contributed by atoms with Gasteiger partial charge in [-0.15, -0.1) is 0 Å². The minimum absolute atomic E-state index is 0.180. The number of phenolic OH excluding ortho intramolecular Hbond substituents is 1. The van der Waals surface area contributed by atoms with Crippen LogP contribution >= 0.6 is 0 Å². The Hall–Kier alpha value is -3.45. The van der Waals surface area contributed by atoms with Crippen molar-refractivity contribution in [2.75, 3.05) is 6.54 Å². The molecule has 3 aromatic rings. The average molecular weight is 489 g/mol. The highest BCUT2D eigenvalue weighted by Crippen LogP contribution is 2.16. The summed E-state index contributed by atoms with van der Waals surface area (Å²) in [5.74, 6) is -0.697. The lowest BCUT2D eigenvalue weighted by Gasteiger charge is -2.21. The van der Waals surface area contributed by atoms with Crippen molar-refractivity contribution in [3.63, 3.8) is 0 Å². The van der Waals surface area contributed by atoms with Gasteiger partial charge in [-0.2, -0.15) is 0 Å². The molecule has 6 N–H and O–H groups in total. The molecule has 0 aliphatic heterocycles. The number of nitrogens with one attached hydrogen (secondary N) is 1. The normalized spacial score (nSPS) is 14.8. The summed E-state index contributed by atoms with van der Waals surface area (Å²) in [7, 11) is 0.